The van der Waals surface area contributed by atoms with Crippen molar-refractivity contribution in [2.24, 2.45) is 0 Å². The second-order valence-corrected chi connectivity index (χ2v) is 8.45. The Morgan fingerprint density at radius 2 is 2.04 bits per heavy atom. The van der Waals surface area contributed by atoms with Crippen LogP contribution in [0, 0.1) is 0 Å². The van der Waals surface area contributed by atoms with Crippen LogP contribution in [0.1, 0.15) is 30.7 Å². The predicted octanol–water partition coefficient (Wildman–Crippen LogP) is 4.09. The maximum absolute atomic E-state index is 13.4. The van der Waals surface area contributed by atoms with E-state index in [1.807, 2.05) is 0 Å². The summed E-state index contributed by atoms with van der Waals surface area (Å²) in [6, 6.07) is 7.05. The Bertz CT molecular complexity index is 1110. The monoisotopic (exact) mass is 388 g/mol. The molecule has 1 aliphatic carbocycles. The van der Waals surface area contributed by atoms with Gasteiger partial charge in [-0.2, -0.15) is 0 Å². The molecule has 0 spiro atoms. The summed E-state index contributed by atoms with van der Waals surface area (Å²) in [4.78, 5) is 31.9. The summed E-state index contributed by atoms with van der Waals surface area (Å²) in [6.45, 7) is 3.02. The second kappa shape index (κ2) is 5.93. The van der Waals surface area contributed by atoms with Gasteiger partial charge in [-0.1, -0.05) is 23.7 Å². The molecule has 0 bridgehead atoms. The Balaban J connectivity index is 2.16. The lowest BCUT2D eigenvalue weighted by Gasteiger charge is -2.26. The molecule has 4 rings (SSSR count). The Morgan fingerprint density at radius 1 is 1.31 bits per heavy atom. The number of nitrogens with zero attached hydrogens (tertiary/aromatic N) is 2. The number of aliphatic carboxylic acids is 1. The van der Waals surface area contributed by atoms with Crippen LogP contribution in [-0.2, 0) is 23.2 Å². The van der Waals surface area contributed by atoms with Gasteiger partial charge in [-0.3, -0.25) is 9.36 Å². The lowest BCUT2D eigenvalue weighted by molar-refractivity contribution is -0.145. The molecule has 2 aromatic heterocycles. The molecule has 0 amide bonds. The van der Waals surface area contributed by atoms with Crippen LogP contribution in [0.5, 0.6) is 0 Å². The first-order valence-electron chi connectivity index (χ1n) is 8.38. The molecule has 1 aromatic carbocycles. The first kappa shape index (κ1) is 17.2. The Morgan fingerprint density at radius 3 is 2.73 bits per heavy atom. The van der Waals surface area contributed by atoms with E-state index in [9.17, 15) is 14.7 Å². The number of hydrogen-bond donors (Lipinski definition) is 1. The summed E-state index contributed by atoms with van der Waals surface area (Å²) in [5, 5.41) is 10.7. The topological polar surface area (TPSA) is 72.2 Å². The van der Waals surface area contributed by atoms with Crippen molar-refractivity contribution < 1.29 is 9.90 Å². The summed E-state index contributed by atoms with van der Waals surface area (Å²) in [6.07, 6.45) is 2.80. The number of carboxylic acids is 1. The van der Waals surface area contributed by atoms with Crippen molar-refractivity contribution >= 4 is 39.1 Å². The fraction of sp³-hybridized carbons (Fsp3) is 0.316. The number of rotatable bonds is 3. The van der Waals surface area contributed by atoms with Crippen LogP contribution < -0.4 is 5.56 Å². The number of aromatic nitrogens is 2. The van der Waals surface area contributed by atoms with Gasteiger partial charge in [0.05, 0.1) is 10.4 Å². The van der Waals surface area contributed by atoms with Gasteiger partial charge in [0.1, 0.15) is 16.2 Å². The molecule has 7 heteroatoms. The van der Waals surface area contributed by atoms with Gasteiger partial charge in [0.15, 0.2) is 0 Å². The zero-order valence-corrected chi connectivity index (χ0v) is 15.9. The Labute approximate surface area is 158 Å². The smallest absolute Gasteiger partial charge is 0.329 e. The molecule has 0 saturated heterocycles. The van der Waals surface area contributed by atoms with Gasteiger partial charge in [0, 0.05) is 10.4 Å². The van der Waals surface area contributed by atoms with E-state index in [0.717, 1.165) is 24.8 Å². The van der Waals surface area contributed by atoms with Gasteiger partial charge in [-0.05, 0) is 50.8 Å². The minimum Gasteiger partial charge on any atom is -0.480 e. The summed E-state index contributed by atoms with van der Waals surface area (Å²) < 4.78 is 1.28. The molecule has 2 heterocycles. The first-order chi connectivity index (χ1) is 12.3. The lowest BCUT2D eigenvalue weighted by atomic mass is 10.0. The highest BCUT2D eigenvalue weighted by atomic mass is 35.5. The summed E-state index contributed by atoms with van der Waals surface area (Å²) in [5.74, 6) is -0.804. The summed E-state index contributed by atoms with van der Waals surface area (Å²) in [7, 11) is 0. The maximum atomic E-state index is 13.4. The normalized spacial score (nSPS) is 14.0. The molecular formula is C19H17ClN2O3S. The van der Waals surface area contributed by atoms with E-state index in [-0.39, 0.29) is 5.56 Å². The standard InChI is InChI=1S/C19H17ClN2O3S/c1-19(2,18(24)25)22-15(10-6-3-4-8-12(10)20)21-16-14(17(22)23)11-7-5-9-13(11)26-16/h3-4,6,8H,5,7,9H2,1-2H3,(H,24,25). The highest BCUT2D eigenvalue weighted by molar-refractivity contribution is 7.18. The van der Waals surface area contributed by atoms with Gasteiger partial charge in [0.25, 0.3) is 5.56 Å². The minimum atomic E-state index is -1.46. The van der Waals surface area contributed by atoms with Crippen LogP contribution >= 0.6 is 22.9 Å². The SMILES string of the molecule is CC(C)(C(=O)O)n1c(-c2ccccc2Cl)nc2sc3c(c2c1=O)CCC3. The first-order valence-corrected chi connectivity index (χ1v) is 9.58. The van der Waals surface area contributed by atoms with E-state index in [0.29, 0.717) is 26.6 Å². The minimum absolute atomic E-state index is 0.292. The van der Waals surface area contributed by atoms with Crippen molar-refractivity contribution in [2.75, 3.05) is 0 Å². The zero-order valence-electron chi connectivity index (χ0n) is 14.4. The summed E-state index contributed by atoms with van der Waals surface area (Å²) in [5.41, 5.74) is -0.184. The van der Waals surface area contributed by atoms with E-state index >= 15 is 0 Å². The average Bonchev–Trinajstić information content (AvgIpc) is 3.15. The van der Waals surface area contributed by atoms with Crippen molar-refractivity contribution in [3.8, 4) is 11.4 Å². The van der Waals surface area contributed by atoms with Crippen molar-refractivity contribution in [2.45, 2.75) is 38.6 Å². The van der Waals surface area contributed by atoms with Crippen LogP contribution in [0.15, 0.2) is 29.1 Å². The van der Waals surface area contributed by atoms with E-state index in [1.54, 1.807) is 24.3 Å². The maximum Gasteiger partial charge on any atom is 0.329 e. The van der Waals surface area contributed by atoms with Gasteiger partial charge in [0.2, 0.25) is 0 Å². The number of halogens is 1. The third-order valence-electron chi connectivity index (χ3n) is 4.94. The van der Waals surface area contributed by atoms with Gasteiger partial charge < -0.3 is 5.11 Å². The molecule has 0 atom stereocenters. The molecule has 3 aromatic rings. The van der Waals surface area contributed by atoms with E-state index in [4.69, 9.17) is 16.6 Å². The second-order valence-electron chi connectivity index (χ2n) is 6.96. The molecule has 0 aliphatic heterocycles. The Hall–Kier alpha value is -2.18. The number of carbonyl (C=O) groups is 1. The van der Waals surface area contributed by atoms with Gasteiger partial charge in [-0.15, -0.1) is 11.3 Å². The van der Waals surface area contributed by atoms with Crippen LogP contribution in [0.2, 0.25) is 5.02 Å². The van der Waals surface area contributed by atoms with Crippen molar-refractivity contribution in [1.82, 2.24) is 9.55 Å². The van der Waals surface area contributed by atoms with E-state index < -0.39 is 11.5 Å². The van der Waals surface area contributed by atoms with Crippen LogP contribution in [-0.4, -0.2) is 20.6 Å². The third kappa shape index (κ3) is 2.40. The molecule has 0 unspecified atom stereocenters. The number of carboxylic acid groups (broad SMARTS) is 1. The summed E-state index contributed by atoms with van der Waals surface area (Å²) >= 11 is 7.87. The quantitative estimate of drug-likeness (QED) is 0.733. The number of thiophene rings is 1. The van der Waals surface area contributed by atoms with Crippen molar-refractivity contribution in [3.63, 3.8) is 0 Å². The average molecular weight is 389 g/mol. The predicted molar refractivity (Wildman–Crippen MR) is 103 cm³/mol. The molecule has 5 nitrogen and oxygen atoms in total. The largest absolute Gasteiger partial charge is 0.480 e. The third-order valence-corrected chi connectivity index (χ3v) is 6.45. The zero-order chi connectivity index (χ0) is 18.6. The molecule has 0 radical (unpaired) electrons. The van der Waals surface area contributed by atoms with Crippen LogP contribution in [0.3, 0.4) is 0 Å². The molecule has 1 N–H and O–H groups in total. The highest BCUT2D eigenvalue weighted by Crippen LogP contribution is 2.37. The molecular weight excluding hydrogens is 372 g/mol. The van der Waals surface area contributed by atoms with Gasteiger partial charge in [-0.25, -0.2) is 9.78 Å². The van der Waals surface area contributed by atoms with E-state index in [1.165, 1.54) is 34.6 Å². The van der Waals surface area contributed by atoms with Crippen molar-refractivity contribution in [1.29, 1.82) is 0 Å². The van der Waals surface area contributed by atoms with E-state index in [2.05, 4.69) is 0 Å². The lowest BCUT2D eigenvalue weighted by Crippen LogP contribution is -2.44. The fourth-order valence-electron chi connectivity index (χ4n) is 3.48. The van der Waals surface area contributed by atoms with Gasteiger partial charge >= 0.3 is 5.97 Å². The Kier molecular flexibility index (Phi) is 3.93. The van der Waals surface area contributed by atoms with Crippen LogP contribution in [0.25, 0.3) is 21.6 Å². The number of hydrogen-bond acceptors (Lipinski definition) is 4. The number of aryl methyl sites for hydroxylation is 2. The number of fused-ring (bicyclic) bond motifs is 3. The molecule has 26 heavy (non-hydrogen) atoms. The molecule has 1 aliphatic rings. The highest BCUT2D eigenvalue weighted by Gasteiger charge is 2.36. The van der Waals surface area contributed by atoms with Crippen molar-refractivity contribution in [3.05, 3.63) is 50.1 Å². The number of benzene rings is 1. The molecule has 0 saturated carbocycles. The molecule has 134 valence electrons. The van der Waals surface area contributed by atoms with Crippen LogP contribution in [0.4, 0.5) is 0 Å². The molecule has 0 fully saturated rings. The fourth-order valence-corrected chi connectivity index (χ4v) is 4.95.